The number of carbonyl (C=O) groups excluding carboxylic acids is 1. The summed E-state index contributed by atoms with van der Waals surface area (Å²) >= 11 is 10.7. The standard InChI is InChI=1S/C21H21N3O5S4/c22-32(26,27)16-8-5-14(6-9-16)12-24(21(25)18-3-1-2-4-19(18)30)13-15-7-10-17(11-20(15)31)33(23,28)29/h1-3,5-10H,4,11-13H2,(H2,22,26,27)(H2,23,28,29). The molecule has 0 atom stereocenters. The normalized spacial score (nSPS) is 16.7. The van der Waals surface area contributed by atoms with Crippen LogP contribution in [-0.2, 0) is 31.4 Å². The molecule has 33 heavy (non-hydrogen) atoms. The number of hydrogen-bond donors (Lipinski definition) is 2. The molecule has 0 saturated carbocycles. The first-order chi connectivity index (χ1) is 15.4. The highest BCUT2D eigenvalue weighted by molar-refractivity contribution is 7.93. The first-order valence-corrected chi connectivity index (χ1v) is 13.5. The van der Waals surface area contributed by atoms with E-state index in [4.69, 9.17) is 34.7 Å². The van der Waals surface area contributed by atoms with Crippen LogP contribution in [0.25, 0.3) is 0 Å². The van der Waals surface area contributed by atoms with Gasteiger partial charge < -0.3 is 4.90 Å². The molecule has 174 valence electrons. The third-order valence-corrected chi connectivity index (χ3v) is 7.77. The van der Waals surface area contributed by atoms with Crippen molar-refractivity contribution in [1.29, 1.82) is 0 Å². The zero-order chi connectivity index (χ0) is 24.4. The van der Waals surface area contributed by atoms with Gasteiger partial charge in [0.05, 0.1) is 15.4 Å². The summed E-state index contributed by atoms with van der Waals surface area (Å²) in [6.45, 7) is 0.242. The molecular weight excluding hydrogens is 503 g/mol. The summed E-state index contributed by atoms with van der Waals surface area (Å²) < 4.78 is 46.3. The van der Waals surface area contributed by atoms with Gasteiger partial charge >= 0.3 is 0 Å². The van der Waals surface area contributed by atoms with Crippen LogP contribution >= 0.6 is 24.4 Å². The first-order valence-electron chi connectivity index (χ1n) is 9.63. The van der Waals surface area contributed by atoms with Gasteiger partial charge in [0.15, 0.2) is 0 Å². The molecule has 0 spiro atoms. The Balaban J connectivity index is 1.93. The molecule has 0 fully saturated rings. The minimum Gasteiger partial charge on any atom is -0.330 e. The van der Waals surface area contributed by atoms with Crippen molar-refractivity contribution in [3.63, 3.8) is 0 Å². The minimum atomic E-state index is -3.86. The van der Waals surface area contributed by atoms with E-state index in [9.17, 15) is 21.6 Å². The van der Waals surface area contributed by atoms with E-state index in [1.807, 2.05) is 6.08 Å². The van der Waals surface area contributed by atoms with E-state index in [-0.39, 0.29) is 35.2 Å². The molecule has 0 aliphatic heterocycles. The van der Waals surface area contributed by atoms with Crippen molar-refractivity contribution in [1.82, 2.24) is 4.90 Å². The average molecular weight is 524 g/mol. The highest BCUT2D eigenvalue weighted by Gasteiger charge is 2.26. The lowest BCUT2D eigenvalue weighted by Crippen LogP contribution is -2.37. The summed E-state index contributed by atoms with van der Waals surface area (Å²) in [5.41, 5.74) is 1.65. The number of nitrogens with two attached hydrogens (primary N) is 2. The van der Waals surface area contributed by atoms with Gasteiger partial charge in [-0.05, 0) is 35.4 Å². The van der Waals surface area contributed by atoms with E-state index in [1.54, 1.807) is 30.4 Å². The summed E-state index contributed by atoms with van der Waals surface area (Å²) in [4.78, 5) is 15.7. The Morgan fingerprint density at radius 1 is 0.909 bits per heavy atom. The topological polar surface area (TPSA) is 141 Å². The third kappa shape index (κ3) is 6.37. The zero-order valence-electron chi connectivity index (χ0n) is 17.3. The molecule has 2 aliphatic rings. The molecule has 0 heterocycles. The molecule has 4 N–H and O–H groups in total. The van der Waals surface area contributed by atoms with Gasteiger partial charge in [0.1, 0.15) is 0 Å². The SMILES string of the molecule is NS(=O)(=O)C1=CC=C(CN(Cc2ccc(S(N)(=O)=O)cc2)C(=O)C2=CC=CCC2=S)C(=S)C1. The number of rotatable bonds is 7. The maximum Gasteiger partial charge on any atom is 0.255 e. The predicted molar refractivity (Wildman–Crippen MR) is 134 cm³/mol. The number of hydrogen-bond acceptors (Lipinski definition) is 7. The number of sulfonamides is 2. The molecule has 0 aromatic heterocycles. The molecule has 1 aromatic rings. The van der Waals surface area contributed by atoms with Crippen molar-refractivity contribution in [2.24, 2.45) is 10.3 Å². The number of primary sulfonamides is 2. The summed E-state index contributed by atoms with van der Waals surface area (Å²) in [7, 11) is -7.70. The molecule has 0 radical (unpaired) electrons. The van der Waals surface area contributed by atoms with Crippen LogP contribution in [0.4, 0.5) is 0 Å². The van der Waals surface area contributed by atoms with E-state index in [2.05, 4.69) is 0 Å². The Morgan fingerprint density at radius 3 is 2.12 bits per heavy atom. The largest absolute Gasteiger partial charge is 0.330 e. The quantitative estimate of drug-likeness (QED) is 0.519. The van der Waals surface area contributed by atoms with Gasteiger partial charge in [-0.25, -0.2) is 27.1 Å². The van der Waals surface area contributed by atoms with Crippen molar-refractivity contribution >= 4 is 60.1 Å². The molecular formula is C21H21N3O5S4. The average Bonchev–Trinajstić information content (AvgIpc) is 2.73. The maximum atomic E-state index is 13.4. The van der Waals surface area contributed by atoms with Crippen molar-refractivity contribution in [2.75, 3.05) is 6.54 Å². The van der Waals surface area contributed by atoms with Crippen LogP contribution in [0.15, 0.2) is 75.6 Å². The zero-order valence-corrected chi connectivity index (χ0v) is 20.6. The van der Waals surface area contributed by atoms with Crippen LogP contribution in [0.5, 0.6) is 0 Å². The van der Waals surface area contributed by atoms with Gasteiger partial charge in [-0.1, -0.05) is 54.8 Å². The van der Waals surface area contributed by atoms with Gasteiger partial charge in [-0.2, -0.15) is 0 Å². The van der Waals surface area contributed by atoms with Crippen LogP contribution in [0.1, 0.15) is 18.4 Å². The summed E-state index contributed by atoms with van der Waals surface area (Å²) in [5, 5.41) is 10.3. The molecule has 1 aromatic carbocycles. The highest BCUT2D eigenvalue weighted by Crippen LogP contribution is 2.23. The Morgan fingerprint density at radius 2 is 1.58 bits per heavy atom. The molecule has 3 rings (SSSR count). The summed E-state index contributed by atoms with van der Waals surface area (Å²) in [6.07, 6.45) is 8.65. The Hall–Kier alpha value is -2.35. The third-order valence-electron chi connectivity index (χ3n) is 5.04. The van der Waals surface area contributed by atoms with Crippen LogP contribution < -0.4 is 10.3 Å². The Kier molecular flexibility index (Phi) is 7.56. The van der Waals surface area contributed by atoms with Gasteiger partial charge in [-0.15, -0.1) is 0 Å². The fourth-order valence-corrected chi connectivity index (χ4v) is 5.02. The fraction of sp³-hybridized carbons (Fsp3) is 0.190. The summed E-state index contributed by atoms with van der Waals surface area (Å²) in [5.74, 6) is -0.315. The van der Waals surface area contributed by atoms with Gasteiger partial charge in [0.25, 0.3) is 5.91 Å². The van der Waals surface area contributed by atoms with Gasteiger partial charge in [0, 0.05) is 35.7 Å². The number of amides is 1. The number of thiocarbonyl (C=S) groups is 2. The molecule has 0 unspecified atom stereocenters. The molecule has 8 nitrogen and oxygen atoms in total. The van der Waals surface area contributed by atoms with Gasteiger partial charge in [-0.3, -0.25) is 4.79 Å². The predicted octanol–water partition coefficient (Wildman–Crippen LogP) is 1.79. The van der Waals surface area contributed by atoms with Crippen LogP contribution in [0.2, 0.25) is 0 Å². The first kappa shape index (κ1) is 25.3. The molecule has 0 saturated heterocycles. The molecule has 12 heteroatoms. The monoisotopic (exact) mass is 523 g/mol. The molecule has 2 aliphatic carbocycles. The number of allylic oxidation sites excluding steroid dienone is 6. The Labute approximate surface area is 203 Å². The van der Waals surface area contributed by atoms with E-state index >= 15 is 0 Å². The lowest BCUT2D eigenvalue weighted by atomic mass is 10.0. The van der Waals surface area contributed by atoms with E-state index in [0.29, 0.717) is 32.9 Å². The Bertz CT molecular complexity index is 1350. The lowest BCUT2D eigenvalue weighted by molar-refractivity contribution is -0.126. The van der Waals surface area contributed by atoms with Gasteiger partial charge in [0.2, 0.25) is 20.0 Å². The van der Waals surface area contributed by atoms with Crippen molar-refractivity contribution in [3.05, 3.63) is 76.3 Å². The van der Waals surface area contributed by atoms with E-state index in [1.165, 1.54) is 23.1 Å². The second kappa shape index (κ2) is 9.87. The second-order valence-corrected chi connectivity index (χ2v) is 11.6. The number of carbonyl (C=O) groups is 1. The molecule has 1 amide bonds. The summed E-state index contributed by atoms with van der Waals surface area (Å²) in [6, 6.07) is 5.87. The van der Waals surface area contributed by atoms with Crippen molar-refractivity contribution < 1.29 is 21.6 Å². The van der Waals surface area contributed by atoms with E-state index < -0.39 is 20.0 Å². The lowest BCUT2D eigenvalue weighted by Gasteiger charge is -2.27. The number of benzene rings is 1. The number of nitrogens with zero attached hydrogens (tertiary/aromatic N) is 1. The van der Waals surface area contributed by atoms with E-state index in [0.717, 1.165) is 0 Å². The minimum absolute atomic E-state index is 0.00835. The van der Waals surface area contributed by atoms with Crippen molar-refractivity contribution in [2.45, 2.75) is 24.3 Å². The van der Waals surface area contributed by atoms with Crippen LogP contribution in [0, 0.1) is 0 Å². The van der Waals surface area contributed by atoms with Crippen molar-refractivity contribution in [3.8, 4) is 0 Å². The molecule has 0 bridgehead atoms. The van der Waals surface area contributed by atoms with Crippen LogP contribution in [-0.4, -0.2) is 43.9 Å². The second-order valence-electron chi connectivity index (χ2n) is 7.46. The highest BCUT2D eigenvalue weighted by atomic mass is 32.2. The smallest absolute Gasteiger partial charge is 0.255 e. The van der Waals surface area contributed by atoms with Crippen LogP contribution in [0.3, 0.4) is 0 Å². The fourth-order valence-electron chi connectivity index (χ4n) is 3.27. The maximum absolute atomic E-state index is 13.4.